The van der Waals surface area contributed by atoms with Gasteiger partial charge in [0.25, 0.3) is 5.91 Å². The molecule has 0 saturated heterocycles. The summed E-state index contributed by atoms with van der Waals surface area (Å²) in [6.07, 6.45) is 1.68. The van der Waals surface area contributed by atoms with Gasteiger partial charge >= 0.3 is 0 Å². The summed E-state index contributed by atoms with van der Waals surface area (Å²) in [6.45, 7) is 4.11. The maximum atomic E-state index is 11.8. The van der Waals surface area contributed by atoms with Crippen molar-refractivity contribution in [1.82, 2.24) is 4.90 Å². The molecule has 0 atom stereocenters. The molecule has 1 aromatic carbocycles. The van der Waals surface area contributed by atoms with Crippen LogP contribution in [0.3, 0.4) is 0 Å². The molecule has 1 rings (SSSR count). The number of carbonyl (C=O) groups excluding carboxylic acids is 1. The molecule has 0 saturated carbocycles. The second-order valence-electron chi connectivity index (χ2n) is 3.10. The molecule has 0 N–H and O–H groups in total. The molecular weight excluding hydrogens is 277 g/mol. The number of rotatable bonds is 3. The van der Waals surface area contributed by atoms with E-state index in [1.54, 1.807) is 36.2 Å². The van der Waals surface area contributed by atoms with Crippen LogP contribution < -0.4 is 0 Å². The van der Waals surface area contributed by atoms with Crippen LogP contribution in [0, 0.1) is 0 Å². The second kappa shape index (κ2) is 5.33. The SMILES string of the molecule is C=CCN(C)C(=O)c1ccc(Cl)c(Br)c1. The van der Waals surface area contributed by atoms with Crippen molar-refractivity contribution in [3.05, 3.63) is 45.9 Å². The summed E-state index contributed by atoms with van der Waals surface area (Å²) in [4.78, 5) is 13.4. The van der Waals surface area contributed by atoms with Crippen LogP contribution >= 0.6 is 27.5 Å². The van der Waals surface area contributed by atoms with E-state index in [1.807, 2.05) is 0 Å². The van der Waals surface area contributed by atoms with E-state index in [4.69, 9.17) is 11.6 Å². The van der Waals surface area contributed by atoms with Gasteiger partial charge in [-0.3, -0.25) is 4.79 Å². The van der Waals surface area contributed by atoms with Crippen LogP contribution in [0.15, 0.2) is 35.3 Å². The third kappa shape index (κ3) is 3.08. The van der Waals surface area contributed by atoms with Gasteiger partial charge in [0.05, 0.1) is 5.02 Å². The summed E-state index contributed by atoms with van der Waals surface area (Å²) >= 11 is 9.12. The van der Waals surface area contributed by atoms with Gasteiger partial charge in [-0.15, -0.1) is 6.58 Å². The first-order valence-corrected chi connectivity index (χ1v) is 5.54. The molecule has 1 amide bonds. The Bertz CT molecular complexity index is 392. The molecular formula is C11H11BrClNO. The molecule has 0 fully saturated rings. The lowest BCUT2D eigenvalue weighted by atomic mass is 10.2. The summed E-state index contributed by atoms with van der Waals surface area (Å²) in [5.74, 6) is -0.0488. The summed E-state index contributed by atoms with van der Waals surface area (Å²) < 4.78 is 0.724. The molecule has 15 heavy (non-hydrogen) atoms. The van der Waals surface area contributed by atoms with Crippen LogP contribution in [0.5, 0.6) is 0 Å². The summed E-state index contributed by atoms with van der Waals surface area (Å²) in [5.41, 5.74) is 0.607. The average molecular weight is 289 g/mol. The molecule has 1 aromatic rings. The lowest BCUT2D eigenvalue weighted by Gasteiger charge is -2.14. The van der Waals surface area contributed by atoms with Crippen molar-refractivity contribution in [2.45, 2.75) is 0 Å². The van der Waals surface area contributed by atoms with Gasteiger partial charge in [-0.1, -0.05) is 17.7 Å². The Morgan fingerprint density at radius 3 is 2.87 bits per heavy atom. The lowest BCUT2D eigenvalue weighted by molar-refractivity contribution is 0.0810. The maximum absolute atomic E-state index is 11.8. The average Bonchev–Trinajstić information content (AvgIpc) is 2.21. The van der Waals surface area contributed by atoms with Gasteiger partial charge in [-0.2, -0.15) is 0 Å². The van der Waals surface area contributed by atoms with Gasteiger partial charge in [0.1, 0.15) is 0 Å². The molecule has 4 heteroatoms. The molecule has 2 nitrogen and oxygen atoms in total. The minimum absolute atomic E-state index is 0.0488. The Morgan fingerprint density at radius 2 is 2.33 bits per heavy atom. The smallest absolute Gasteiger partial charge is 0.253 e. The van der Waals surface area contributed by atoms with Crippen LogP contribution in [-0.2, 0) is 0 Å². The van der Waals surface area contributed by atoms with E-state index in [9.17, 15) is 4.79 Å². The van der Waals surface area contributed by atoms with Crippen LogP contribution in [0.25, 0.3) is 0 Å². The summed E-state index contributed by atoms with van der Waals surface area (Å²) in [7, 11) is 1.73. The highest BCUT2D eigenvalue weighted by Gasteiger charge is 2.11. The van der Waals surface area contributed by atoms with Crippen LogP contribution in [-0.4, -0.2) is 24.4 Å². The quantitative estimate of drug-likeness (QED) is 0.781. The monoisotopic (exact) mass is 287 g/mol. The highest BCUT2D eigenvalue weighted by molar-refractivity contribution is 9.10. The van der Waals surface area contributed by atoms with E-state index >= 15 is 0 Å². The minimum Gasteiger partial charge on any atom is -0.338 e. The van der Waals surface area contributed by atoms with Crippen LogP contribution in [0.2, 0.25) is 5.02 Å². The third-order valence-electron chi connectivity index (χ3n) is 1.92. The molecule has 0 unspecified atom stereocenters. The predicted octanol–water partition coefficient (Wildman–Crippen LogP) is 3.36. The summed E-state index contributed by atoms with van der Waals surface area (Å²) in [6, 6.07) is 5.11. The highest BCUT2D eigenvalue weighted by Crippen LogP contribution is 2.23. The van der Waals surface area contributed by atoms with Gasteiger partial charge in [0.15, 0.2) is 0 Å². The normalized spacial score (nSPS) is 9.80. The Kier molecular flexibility index (Phi) is 4.36. The number of benzene rings is 1. The fraction of sp³-hybridized carbons (Fsp3) is 0.182. The molecule has 0 bridgehead atoms. The van der Waals surface area contributed by atoms with Crippen molar-refractivity contribution in [3.8, 4) is 0 Å². The molecule has 0 heterocycles. The number of nitrogens with zero attached hydrogens (tertiary/aromatic N) is 1. The number of hydrogen-bond donors (Lipinski definition) is 0. The first-order valence-electron chi connectivity index (χ1n) is 4.37. The number of hydrogen-bond acceptors (Lipinski definition) is 1. The van der Waals surface area contributed by atoms with E-state index < -0.39 is 0 Å². The van der Waals surface area contributed by atoms with E-state index in [0.717, 1.165) is 4.47 Å². The topological polar surface area (TPSA) is 20.3 Å². The zero-order valence-corrected chi connectivity index (χ0v) is 10.7. The second-order valence-corrected chi connectivity index (χ2v) is 4.36. The van der Waals surface area contributed by atoms with Gasteiger partial charge in [0, 0.05) is 23.6 Å². The van der Waals surface area contributed by atoms with Gasteiger partial charge in [0.2, 0.25) is 0 Å². The lowest BCUT2D eigenvalue weighted by Crippen LogP contribution is -2.26. The number of likely N-dealkylation sites (N-methyl/N-ethyl adjacent to an activating group) is 1. The van der Waals surface area contributed by atoms with Gasteiger partial charge < -0.3 is 4.90 Å². The first-order chi connectivity index (χ1) is 7.06. The largest absolute Gasteiger partial charge is 0.338 e. The Morgan fingerprint density at radius 1 is 1.67 bits per heavy atom. The number of carbonyl (C=O) groups is 1. The standard InChI is InChI=1S/C11H11BrClNO/c1-3-6-14(2)11(15)8-4-5-10(13)9(12)7-8/h3-5,7H,1,6H2,2H3. The summed E-state index contributed by atoms with van der Waals surface area (Å²) in [5, 5.41) is 0.595. The van der Waals surface area contributed by atoms with Crippen molar-refractivity contribution in [1.29, 1.82) is 0 Å². The Balaban J connectivity index is 2.91. The van der Waals surface area contributed by atoms with Crippen molar-refractivity contribution in [3.63, 3.8) is 0 Å². The van der Waals surface area contributed by atoms with Crippen LogP contribution in [0.1, 0.15) is 10.4 Å². The van der Waals surface area contributed by atoms with E-state index in [-0.39, 0.29) is 5.91 Å². The van der Waals surface area contributed by atoms with Crippen molar-refractivity contribution >= 4 is 33.4 Å². The molecule has 0 aliphatic carbocycles. The van der Waals surface area contributed by atoms with Crippen molar-refractivity contribution < 1.29 is 4.79 Å². The minimum atomic E-state index is -0.0488. The zero-order valence-electron chi connectivity index (χ0n) is 8.34. The zero-order chi connectivity index (χ0) is 11.4. The molecule has 0 spiro atoms. The van der Waals surface area contributed by atoms with E-state index in [1.165, 1.54) is 0 Å². The first kappa shape index (κ1) is 12.3. The molecule has 0 radical (unpaired) electrons. The van der Waals surface area contributed by atoms with E-state index in [2.05, 4.69) is 22.5 Å². The molecule has 0 aliphatic heterocycles. The highest BCUT2D eigenvalue weighted by atomic mass is 79.9. The number of halogens is 2. The predicted molar refractivity (Wildman–Crippen MR) is 66.3 cm³/mol. The van der Waals surface area contributed by atoms with E-state index in [0.29, 0.717) is 17.1 Å². The fourth-order valence-electron chi connectivity index (χ4n) is 1.13. The van der Waals surface area contributed by atoms with Crippen LogP contribution in [0.4, 0.5) is 0 Å². The maximum Gasteiger partial charge on any atom is 0.253 e. The Labute approximate surface area is 103 Å². The third-order valence-corrected chi connectivity index (χ3v) is 3.13. The van der Waals surface area contributed by atoms with Gasteiger partial charge in [-0.25, -0.2) is 0 Å². The fourth-order valence-corrected chi connectivity index (χ4v) is 1.62. The molecule has 80 valence electrons. The Hall–Kier alpha value is -0.800. The molecule has 0 aromatic heterocycles. The van der Waals surface area contributed by atoms with Crippen molar-refractivity contribution in [2.75, 3.05) is 13.6 Å². The van der Waals surface area contributed by atoms with Crippen molar-refractivity contribution in [2.24, 2.45) is 0 Å². The number of amides is 1. The molecule has 0 aliphatic rings. The van der Waals surface area contributed by atoms with Gasteiger partial charge in [-0.05, 0) is 34.1 Å².